The highest BCUT2D eigenvalue weighted by molar-refractivity contribution is 9.10. The number of carbonyl (C=O) groups is 1. The SMILES string of the molecule is COc1ccc(CN2Cc3c(cc(Br)nc3Cl)C2=O)c(OC)c1. The lowest BCUT2D eigenvalue weighted by Crippen LogP contribution is -2.23. The third-order valence-electron chi connectivity index (χ3n) is 3.76. The molecule has 0 bridgehead atoms. The summed E-state index contributed by atoms with van der Waals surface area (Å²) in [6.45, 7) is 0.858. The number of rotatable bonds is 4. The summed E-state index contributed by atoms with van der Waals surface area (Å²) >= 11 is 9.41. The minimum absolute atomic E-state index is 0.0668. The van der Waals surface area contributed by atoms with Crippen molar-refractivity contribution in [3.63, 3.8) is 0 Å². The van der Waals surface area contributed by atoms with Crippen LogP contribution < -0.4 is 9.47 Å². The third kappa shape index (κ3) is 3.01. The fourth-order valence-electron chi connectivity index (χ4n) is 2.60. The first-order valence-electron chi connectivity index (χ1n) is 6.88. The zero-order valence-electron chi connectivity index (χ0n) is 12.6. The van der Waals surface area contributed by atoms with Crippen LogP contribution in [0.3, 0.4) is 0 Å². The number of methoxy groups -OCH3 is 2. The lowest BCUT2D eigenvalue weighted by atomic mass is 10.1. The fraction of sp³-hybridized carbons (Fsp3) is 0.250. The molecule has 1 aromatic heterocycles. The first kappa shape index (κ1) is 16.1. The van der Waals surface area contributed by atoms with Gasteiger partial charge in [-0.25, -0.2) is 4.98 Å². The molecular weight excluding hydrogens is 384 g/mol. The highest BCUT2D eigenvalue weighted by Crippen LogP contribution is 2.33. The molecule has 23 heavy (non-hydrogen) atoms. The van der Waals surface area contributed by atoms with Gasteiger partial charge < -0.3 is 14.4 Å². The van der Waals surface area contributed by atoms with E-state index in [1.54, 1.807) is 31.3 Å². The molecule has 0 unspecified atom stereocenters. The highest BCUT2D eigenvalue weighted by atomic mass is 79.9. The first-order valence-corrected chi connectivity index (χ1v) is 8.05. The van der Waals surface area contributed by atoms with Crippen LogP contribution in [-0.2, 0) is 13.1 Å². The van der Waals surface area contributed by atoms with Gasteiger partial charge in [0.2, 0.25) is 0 Å². The fourth-order valence-corrected chi connectivity index (χ4v) is 3.36. The maximum absolute atomic E-state index is 12.6. The van der Waals surface area contributed by atoms with E-state index >= 15 is 0 Å². The van der Waals surface area contributed by atoms with Gasteiger partial charge in [0.05, 0.1) is 26.3 Å². The molecule has 0 N–H and O–H groups in total. The number of ether oxygens (including phenoxy) is 2. The van der Waals surface area contributed by atoms with Crippen molar-refractivity contribution < 1.29 is 14.3 Å². The normalized spacial score (nSPS) is 13.2. The van der Waals surface area contributed by atoms with Crippen molar-refractivity contribution in [2.24, 2.45) is 0 Å². The van der Waals surface area contributed by atoms with E-state index in [1.165, 1.54) is 0 Å². The molecule has 0 saturated carbocycles. The van der Waals surface area contributed by atoms with Crippen LogP contribution in [0.1, 0.15) is 21.5 Å². The summed E-state index contributed by atoms with van der Waals surface area (Å²) in [5, 5.41) is 0.354. The molecule has 0 fully saturated rings. The van der Waals surface area contributed by atoms with Crippen LogP contribution >= 0.6 is 27.5 Å². The maximum Gasteiger partial charge on any atom is 0.255 e. The molecule has 5 nitrogen and oxygen atoms in total. The lowest BCUT2D eigenvalue weighted by molar-refractivity contribution is 0.0765. The van der Waals surface area contributed by atoms with Gasteiger partial charge in [0, 0.05) is 23.7 Å². The zero-order valence-corrected chi connectivity index (χ0v) is 14.9. The third-order valence-corrected chi connectivity index (χ3v) is 4.48. The molecule has 3 rings (SSSR count). The van der Waals surface area contributed by atoms with E-state index in [4.69, 9.17) is 21.1 Å². The van der Waals surface area contributed by atoms with Crippen molar-refractivity contribution in [2.45, 2.75) is 13.1 Å². The van der Waals surface area contributed by atoms with Crippen molar-refractivity contribution in [2.75, 3.05) is 14.2 Å². The van der Waals surface area contributed by atoms with Gasteiger partial charge in [-0.15, -0.1) is 0 Å². The van der Waals surface area contributed by atoms with Gasteiger partial charge in [0.1, 0.15) is 21.3 Å². The van der Waals surface area contributed by atoms with Crippen molar-refractivity contribution >= 4 is 33.4 Å². The second kappa shape index (κ2) is 6.37. The van der Waals surface area contributed by atoms with Gasteiger partial charge in [-0.1, -0.05) is 11.6 Å². The molecule has 0 spiro atoms. The Morgan fingerprint density at radius 3 is 2.78 bits per heavy atom. The number of nitrogens with zero attached hydrogens (tertiary/aromatic N) is 2. The number of aromatic nitrogens is 1. The van der Waals surface area contributed by atoms with Gasteiger partial charge in [-0.3, -0.25) is 4.79 Å². The maximum atomic E-state index is 12.6. The summed E-state index contributed by atoms with van der Waals surface area (Å²) in [6, 6.07) is 7.24. The predicted molar refractivity (Wildman–Crippen MR) is 90.1 cm³/mol. The summed E-state index contributed by atoms with van der Waals surface area (Å²) in [5.41, 5.74) is 2.24. The van der Waals surface area contributed by atoms with Crippen LogP contribution in [0.4, 0.5) is 0 Å². The van der Waals surface area contributed by atoms with Crippen molar-refractivity contribution in [3.8, 4) is 11.5 Å². The number of hydrogen-bond donors (Lipinski definition) is 0. The van der Waals surface area contributed by atoms with Crippen LogP contribution in [0.5, 0.6) is 11.5 Å². The highest BCUT2D eigenvalue weighted by Gasteiger charge is 2.31. The molecule has 0 atom stereocenters. The van der Waals surface area contributed by atoms with E-state index in [9.17, 15) is 4.79 Å². The number of halogens is 2. The summed E-state index contributed by atoms with van der Waals surface area (Å²) in [5.74, 6) is 1.32. The van der Waals surface area contributed by atoms with Gasteiger partial charge in [0.15, 0.2) is 0 Å². The lowest BCUT2D eigenvalue weighted by Gasteiger charge is -2.18. The number of carbonyl (C=O) groups excluding carboxylic acids is 1. The van der Waals surface area contributed by atoms with Crippen LogP contribution in [0.25, 0.3) is 0 Å². The Hall–Kier alpha value is -1.79. The van der Waals surface area contributed by atoms with E-state index in [-0.39, 0.29) is 5.91 Å². The molecule has 1 amide bonds. The Labute approximate surface area is 147 Å². The first-order chi connectivity index (χ1) is 11.0. The van der Waals surface area contributed by atoms with E-state index in [0.717, 1.165) is 11.1 Å². The van der Waals surface area contributed by atoms with E-state index < -0.39 is 0 Å². The quantitative estimate of drug-likeness (QED) is 0.739. The van der Waals surface area contributed by atoms with Crippen LogP contribution in [0, 0.1) is 0 Å². The molecule has 120 valence electrons. The Balaban J connectivity index is 1.88. The molecule has 1 aromatic carbocycles. The van der Waals surface area contributed by atoms with Crippen LogP contribution in [0.15, 0.2) is 28.9 Å². The average Bonchev–Trinajstić information content (AvgIpc) is 2.85. The number of amides is 1. The molecular formula is C16H14BrClN2O3. The van der Waals surface area contributed by atoms with E-state index in [2.05, 4.69) is 20.9 Å². The number of fused-ring (bicyclic) bond motifs is 1. The standard InChI is InChI=1S/C16H14BrClN2O3/c1-22-10-4-3-9(13(5-10)23-2)7-20-8-12-11(16(20)21)6-14(17)19-15(12)18/h3-6H,7-8H2,1-2H3. The number of benzene rings is 1. The molecule has 1 aliphatic heterocycles. The van der Waals surface area contributed by atoms with Crippen molar-refractivity contribution in [3.05, 3.63) is 50.7 Å². The average molecular weight is 398 g/mol. The minimum Gasteiger partial charge on any atom is -0.497 e. The Kier molecular flexibility index (Phi) is 4.46. The largest absolute Gasteiger partial charge is 0.497 e. The molecule has 2 aromatic rings. The van der Waals surface area contributed by atoms with Gasteiger partial charge in [0.25, 0.3) is 5.91 Å². The van der Waals surface area contributed by atoms with Crippen LogP contribution in [0.2, 0.25) is 5.15 Å². The van der Waals surface area contributed by atoms with E-state index in [1.807, 2.05) is 12.1 Å². The molecule has 7 heteroatoms. The number of pyridine rings is 1. The smallest absolute Gasteiger partial charge is 0.255 e. The van der Waals surface area contributed by atoms with Crippen molar-refractivity contribution in [1.29, 1.82) is 0 Å². The molecule has 1 aliphatic rings. The van der Waals surface area contributed by atoms with Gasteiger partial charge >= 0.3 is 0 Å². The Bertz CT molecular complexity index is 782. The van der Waals surface area contributed by atoms with Crippen molar-refractivity contribution in [1.82, 2.24) is 9.88 Å². The zero-order chi connectivity index (χ0) is 16.6. The summed E-state index contributed by atoms with van der Waals surface area (Å²) < 4.78 is 11.1. The minimum atomic E-state index is -0.0668. The van der Waals surface area contributed by atoms with Crippen LogP contribution in [-0.4, -0.2) is 30.0 Å². The second-order valence-electron chi connectivity index (χ2n) is 5.10. The molecule has 0 aliphatic carbocycles. The second-order valence-corrected chi connectivity index (χ2v) is 6.27. The van der Waals surface area contributed by atoms with E-state index in [0.29, 0.717) is 39.9 Å². The molecule has 0 saturated heterocycles. The Morgan fingerprint density at radius 2 is 2.09 bits per heavy atom. The Morgan fingerprint density at radius 1 is 1.30 bits per heavy atom. The molecule has 2 heterocycles. The molecule has 0 radical (unpaired) electrons. The topological polar surface area (TPSA) is 51.7 Å². The monoisotopic (exact) mass is 396 g/mol. The summed E-state index contributed by atoms with van der Waals surface area (Å²) in [4.78, 5) is 18.4. The predicted octanol–water partition coefficient (Wildman–Crippen LogP) is 3.67. The van der Waals surface area contributed by atoms with Gasteiger partial charge in [-0.2, -0.15) is 0 Å². The number of hydrogen-bond acceptors (Lipinski definition) is 4. The summed E-state index contributed by atoms with van der Waals surface area (Å²) in [7, 11) is 3.19. The summed E-state index contributed by atoms with van der Waals surface area (Å²) in [6.07, 6.45) is 0. The van der Waals surface area contributed by atoms with Gasteiger partial charge in [-0.05, 0) is 34.1 Å².